The molecular weight excluding hydrogens is 580 g/mol. The summed E-state index contributed by atoms with van der Waals surface area (Å²) in [5, 5.41) is 4.09. The number of halogens is 1. The molecule has 6 nitrogen and oxygen atoms in total. The predicted molar refractivity (Wildman–Crippen MR) is 164 cm³/mol. The summed E-state index contributed by atoms with van der Waals surface area (Å²) in [6.07, 6.45) is 2.08. The largest absolute Gasteiger partial charge is 0.497 e. The van der Waals surface area contributed by atoms with Gasteiger partial charge in [-0.05, 0) is 59.2 Å². The van der Waals surface area contributed by atoms with Gasteiger partial charge in [0.1, 0.15) is 5.75 Å². The topological polar surface area (TPSA) is 69.6 Å². The second-order valence-electron chi connectivity index (χ2n) is 9.93. The smallest absolute Gasteiger partial charge is 0.336 e. The van der Waals surface area contributed by atoms with Crippen LogP contribution in [0.1, 0.15) is 39.9 Å². The summed E-state index contributed by atoms with van der Waals surface area (Å²) in [4.78, 5) is 27.7. The number of esters is 1. The maximum atomic E-state index is 13.9. The van der Waals surface area contributed by atoms with Gasteiger partial charge in [0.2, 0.25) is 0 Å². The van der Waals surface area contributed by atoms with Crippen molar-refractivity contribution in [2.45, 2.75) is 24.9 Å². The van der Waals surface area contributed by atoms with Crippen LogP contribution in [0.2, 0.25) is 0 Å². The minimum absolute atomic E-state index is 0.399. The van der Waals surface area contributed by atoms with Gasteiger partial charge in [-0.3, -0.25) is 4.79 Å². The number of methoxy groups -OCH3 is 2. The SMILES string of the molecule is COC(=O)[C@@](NC(=O)c1ccc(OC)cc1)(c1ccccc1)[C@@H](C)c1cn(Cc2ccccc2)c2ccc(Br)cc12. The Balaban J connectivity index is 1.68. The number of hydrogen-bond donors (Lipinski definition) is 1. The van der Waals surface area contributed by atoms with Crippen molar-refractivity contribution in [2.75, 3.05) is 14.2 Å². The van der Waals surface area contributed by atoms with E-state index in [1.807, 2.05) is 61.5 Å². The number of ether oxygens (including phenoxy) is 2. The molecule has 41 heavy (non-hydrogen) atoms. The van der Waals surface area contributed by atoms with E-state index < -0.39 is 23.3 Å². The molecular formula is C34H31BrN2O4. The standard InChI is InChI=1S/C34H31BrN2O4/c1-23(30-22-37(21-24-10-6-4-7-11-24)31-19-16-27(35)20-29(30)31)34(33(39)41-3,26-12-8-5-9-13-26)36-32(38)25-14-17-28(40-2)18-15-25/h4-20,22-23H,21H2,1-3H3,(H,36,38)/t23-,34-/m0/s1. The molecule has 0 saturated carbocycles. The molecule has 1 heterocycles. The number of nitrogens with zero attached hydrogens (tertiary/aromatic N) is 1. The molecule has 208 valence electrons. The first kappa shape index (κ1) is 28.2. The quantitative estimate of drug-likeness (QED) is 0.181. The van der Waals surface area contributed by atoms with Crippen LogP contribution in [0.3, 0.4) is 0 Å². The first-order valence-electron chi connectivity index (χ1n) is 13.3. The number of carbonyl (C=O) groups is 2. The van der Waals surface area contributed by atoms with Gasteiger partial charge in [-0.15, -0.1) is 0 Å². The van der Waals surface area contributed by atoms with Crippen LogP contribution >= 0.6 is 15.9 Å². The number of fused-ring (bicyclic) bond motifs is 1. The van der Waals surface area contributed by atoms with Crippen molar-refractivity contribution in [3.8, 4) is 5.75 Å². The molecule has 5 aromatic rings. The second kappa shape index (κ2) is 12.0. The van der Waals surface area contributed by atoms with Gasteiger partial charge in [-0.25, -0.2) is 4.79 Å². The zero-order chi connectivity index (χ0) is 29.0. The Labute approximate surface area is 248 Å². The van der Waals surface area contributed by atoms with Gasteiger partial charge in [0.15, 0.2) is 5.54 Å². The zero-order valence-electron chi connectivity index (χ0n) is 23.1. The van der Waals surface area contributed by atoms with Gasteiger partial charge in [0, 0.05) is 39.6 Å². The summed E-state index contributed by atoms with van der Waals surface area (Å²) in [6, 6.07) is 32.4. The maximum Gasteiger partial charge on any atom is 0.336 e. The molecule has 0 radical (unpaired) electrons. The van der Waals surface area contributed by atoms with Crippen molar-refractivity contribution in [2.24, 2.45) is 0 Å². The van der Waals surface area contributed by atoms with Gasteiger partial charge in [0.05, 0.1) is 14.2 Å². The normalized spacial score (nSPS) is 13.3. The van der Waals surface area contributed by atoms with E-state index in [0.717, 1.165) is 26.5 Å². The first-order valence-corrected chi connectivity index (χ1v) is 14.1. The highest BCUT2D eigenvalue weighted by molar-refractivity contribution is 9.10. The Hall–Kier alpha value is -4.36. The molecule has 0 bridgehead atoms. The third-order valence-corrected chi connectivity index (χ3v) is 8.08. The summed E-state index contributed by atoms with van der Waals surface area (Å²) >= 11 is 3.63. The highest BCUT2D eigenvalue weighted by atomic mass is 79.9. The Morgan fingerprint density at radius 1 is 0.902 bits per heavy atom. The molecule has 0 spiro atoms. The fourth-order valence-electron chi connectivity index (χ4n) is 5.42. The molecule has 0 fully saturated rings. The first-order chi connectivity index (χ1) is 19.9. The lowest BCUT2D eigenvalue weighted by Gasteiger charge is -2.38. The average Bonchev–Trinajstić information content (AvgIpc) is 3.36. The summed E-state index contributed by atoms with van der Waals surface area (Å²) < 4.78 is 13.8. The average molecular weight is 612 g/mol. The van der Waals surface area contributed by atoms with Crippen LogP contribution in [0.5, 0.6) is 5.75 Å². The minimum Gasteiger partial charge on any atom is -0.497 e. The highest BCUT2D eigenvalue weighted by Crippen LogP contribution is 2.42. The van der Waals surface area contributed by atoms with Crippen molar-refractivity contribution >= 4 is 38.7 Å². The highest BCUT2D eigenvalue weighted by Gasteiger charge is 2.49. The molecule has 0 saturated heterocycles. The summed E-state index contributed by atoms with van der Waals surface area (Å²) in [5.41, 5.74) is 2.58. The fourth-order valence-corrected chi connectivity index (χ4v) is 5.78. The lowest BCUT2D eigenvalue weighted by molar-refractivity contribution is -0.149. The molecule has 0 unspecified atom stereocenters. The van der Waals surface area contributed by atoms with E-state index in [1.54, 1.807) is 31.4 Å². The Kier molecular flexibility index (Phi) is 8.26. The molecule has 7 heteroatoms. The van der Waals surface area contributed by atoms with E-state index in [2.05, 4.69) is 56.3 Å². The molecule has 1 amide bonds. The predicted octanol–water partition coefficient (Wildman–Crippen LogP) is 7.06. The third-order valence-electron chi connectivity index (χ3n) is 7.59. The van der Waals surface area contributed by atoms with Gasteiger partial charge in [0.25, 0.3) is 5.91 Å². The molecule has 1 N–H and O–H groups in total. The molecule has 0 aliphatic heterocycles. The number of carbonyl (C=O) groups excluding carboxylic acids is 2. The monoisotopic (exact) mass is 610 g/mol. The number of rotatable bonds is 9. The molecule has 0 aliphatic rings. The van der Waals surface area contributed by atoms with Crippen molar-refractivity contribution in [1.82, 2.24) is 9.88 Å². The van der Waals surface area contributed by atoms with Gasteiger partial charge < -0.3 is 19.4 Å². The van der Waals surface area contributed by atoms with Crippen molar-refractivity contribution in [3.63, 3.8) is 0 Å². The van der Waals surface area contributed by atoms with Gasteiger partial charge in [-0.2, -0.15) is 0 Å². The van der Waals surface area contributed by atoms with Crippen LogP contribution in [-0.2, 0) is 21.6 Å². The van der Waals surface area contributed by atoms with E-state index in [1.165, 1.54) is 7.11 Å². The van der Waals surface area contributed by atoms with Crippen LogP contribution in [0.25, 0.3) is 10.9 Å². The molecule has 4 aromatic carbocycles. The summed E-state index contributed by atoms with van der Waals surface area (Å²) in [5.74, 6) is -0.845. The van der Waals surface area contributed by atoms with Gasteiger partial charge >= 0.3 is 5.97 Å². The van der Waals surface area contributed by atoms with Crippen molar-refractivity contribution < 1.29 is 19.1 Å². The number of benzene rings is 4. The van der Waals surface area contributed by atoms with Crippen LogP contribution < -0.4 is 10.1 Å². The third kappa shape index (κ3) is 5.50. The molecule has 2 atom stereocenters. The van der Waals surface area contributed by atoms with Crippen LogP contribution in [0.15, 0.2) is 114 Å². The Morgan fingerprint density at radius 3 is 2.20 bits per heavy atom. The van der Waals surface area contributed by atoms with E-state index >= 15 is 0 Å². The maximum absolute atomic E-state index is 13.9. The lowest BCUT2D eigenvalue weighted by Crippen LogP contribution is -2.55. The Morgan fingerprint density at radius 2 is 1.56 bits per heavy atom. The second-order valence-corrected chi connectivity index (χ2v) is 10.8. The van der Waals surface area contributed by atoms with E-state index in [-0.39, 0.29) is 0 Å². The zero-order valence-corrected chi connectivity index (χ0v) is 24.7. The van der Waals surface area contributed by atoms with Crippen molar-refractivity contribution in [1.29, 1.82) is 0 Å². The number of aromatic nitrogens is 1. The lowest BCUT2D eigenvalue weighted by atomic mass is 9.75. The Bertz CT molecular complexity index is 1670. The fraction of sp³-hybridized carbons (Fsp3) is 0.176. The minimum atomic E-state index is -1.53. The van der Waals surface area contributed by atoms with E-state index in [9.17, 15) is 9.59 Å². The summed E-state index contributed by atoms with van der Waals surface area (Å²) in [6.45, 7) is 2.61. The van der Waals surface area contributed by atoms with E-state index in [0.29, 0.717) is 23.4 Å². The molecule has 5 rings (SSSR count). The van der Waals surface area contributed by atoms with Crippen LogP contribution in [0.4, 0.5) is 0 Å². The number of hydrogen-bond acceptors (Lipinski definition) is 4. The van der Waals surface area contributed by atoms with Crippen molar-refractivity contribution in [3.05, 3.63) is 136 Å². The van der Waals surface area contributed by atoms with Gasteiger partial charge in [-0.1, -0.05) is 83.5 Å². The summed E-state index contributed by atoms with van der Waals surface area (Å²) in [7, 11) is 2.92. The molecule has 1 aromatic heterocycles. The van der Waals surface area contributed by atoms with E-state index in [4.69, 9.17) is 9.47 Å². The molecule has 0 aliphatic carbocycles. The number of amides is 1. The van der Waals surface area contributed by atoms with Crippen LogP contribution in [-0.4, -0.2) is 30.7 Å². The van der Waals surface area contributed by atoms with Crippen LogP contribution in [0, 0.1) is 0 Å². The number of nitrogens with one attached hydrogen (secondary N) is 1.